The number of H-pyrrole nitrogens is 1. The van der Waals surface area contributed by atoms with Crippen LogP contribution in [0.2, 0.25) is 0 Å². The Hall–Kier alpha value is -2.38. The van der Waals surface area contributed by atoms with Crippen molar-refractivity contribution in [1.82, 2.24) is 4.98 Å². The van der Waals surface area contributed by atoms with Crippen LogP contribution >= 0.6 is 0 Å². The molecule has 0 spiro atoms. The molecule has 0 amide bonds. The van der Waals surface area contributed by atoms with Crippen LogP contribution in [0.1, 0.15) is 29.1 Å². The molecule has 21 heavy (non-hydrogen) atoms. The molecule has 1 aromatic heterocycles. The minimum Gasteiger partial charge on any atom is -0.477 e. The van der Waals surface area contributed by atoms with Crippen molar-refractivity contribution >= 4 is 22.8 Å². The summed E-state index contributed by atoms with van der Waals surface area (Å²) in [4.78, 5) is 24.9. The summed E-state index contributed by atoms with van der Waals surface area (Å²) in [7, 11) is 0. The quantitative estimate of drug-likeness (QED) is 0.606. The number of hydrogen-bond acceptors (Lipinski definition) is 5. The van der Waals surface area contributed by atoms with Gasteiger partial charge in [-0.25, -0.2) is 9.59 Å². The van der Waals surface area contributed by atoms with Crippen molar-refractivity contribution in [3.63, 3.8) is 0 Å². The molecule has 1 aromatic carbocycles. The first-order chi connectivity index (χ1) is 9.93. The van der Waals surface area contributed by atoms with Gasteiger partial charge >= 0.3 is 11.9 Å². The Morgan fingerprint density at radius 2 is 2.00 bits per heavy atom. The summed E-state index contributed by atoms with van der Waals surface area (Å²) >= 11 is 0. The van der Waals surface area contributed by atoms with Crippen molar-refractivity contribution in [3.05, 3.63) is 35.5 Å². The van der Waals surface area contributed by atoms with Gasteiger partial charge in [-0.1, -0.05) is 12.1 Å². The lowest BCUT2D eigenvalue weighted by Crippen LogP contribution is -2.29. The summed E-state index contributed by atoms with van der Waals surface area (Å²) in [5.41, 5.74) is 0.782. The number of fused-ring (bicyclic) bond motifs is 1. The molecule has 2 aromatic rings. The standard InChI is InChI=1S/C14H15NO6/c1-2-21-14(20)12(17)11(16)8-4-3-7-5-10(13(18)19)15-9(7)6-8/h3-6,11-12,15-17H,2H2,1H3,(H,18,19). The molecule has 0 saturated heterocycles. The van der Waals surface area contributed by atoms with E-state index in [0.717, 1.165) is 0 Å². The number of esters is 1. The van der Waals surface area contributed by atoms with E-state index in [9.17, 15) is 19.8 Å². The average molecular weight is 293 g/mol. The van der Waals surface area contributed by atoms with E-state index in [2.05, 4.69) is 9.72 Å². The summed E-state index contributed by atoms with van der Waals surface area (Å²) in [6.45, 7) is 1.69. The highest BCUT2D eigenvalue weighted by molar-refractivity contribution is 5.93. The number of hydrogen-bond donors (Lipinski definition) is 4. The highest BCUT2D eigenvalue weighted by Gasteiger charge is 2.27. The maximum Gasteiger partial charge on any atom is 0.352 e. The van der Waals surface area contributed by atoms with Gasteiger partial charge in [0.2, 0.25) is 0 Å². The number of aromatic nitrogens is 1. The highest BCUT2D eigenvalue weighted by Crippen LogP contribution is 2.23. The molecular weight excluding hydrogens is 278 g/mol. The molecule has 0 aliphatic carbocycles. The second-order valence-electron chi connectivity index (χ2n) is 4.48. The van der Waals surface area contributed by atoms with E-state index in [-0.39, 0.29) is 17.9 Å². The van der Waals surface area contributed by atoms with Crippen LogP contribution in [0, 0.1) is 0 Å². The predicted molar refractivity (Wildman–Crippen MR) is 72.9 cm³/mol. The fraction of sp³-hybridized carbons (Fsp3) is 0.286. The number of carboxylic acid groups (broad SMARTS) is 1. The Morgan fingerprint density at radius 3 is 2.62 bits per heavy atom. The van der Waals surface area contributed by atoms with Gasteiger partial charge in [-0.05, 0) is 24.6 Å². The second kappa shape index (κ2) is 5.94. The SMILES string of the molecule is CCOC(=O)C(O)C(O)c1ccc2cc(C(=O)O)[nH]c2c1. The summed E-state index contributed by atoms with van der Waals surface area (Å²) in [6.07, 6.45) is -3.15. The topological polar surface area (TPSA) is 120 Å². The fourth-order valence-corrected chi connectivity index (χ4v) is 1.98. The van der Waals surface area contributed by atoms with Gasteiger partial charge in [0, 0.05) is 10.9 Å². The first-order valence-corrected chi connectivity index (χ1v) is 6.32. The molecule has 0 aliphatic rings. The van der Waals surface area contributed by atoms with Crippen LogP contribution in [-0.4, -0.2) is 45.0 Å². The Bertz CT molecular complexity index is 677. The molecule has 112 valence electrons. The van der Waals surface area contributed by atoms with Crippen LogP contribution in [0.25, 0.3) is 10.9 Å². The number of carbonyl (C=O) groups is 2. The zero-order chi connectivity index (χ0) is 15.6. The van der Waals surface area contributed by atoms with Crippen LogP contribution in [0.4, 0.5) is 0 Å². The number of aliphatic hydroxyl groups is 2. The van der Waals surface area contributed by atoms with Gasteiger partial charge in [0.25, 0.3) is 0 Å². The second-order valence-corrected chi connectivity index (χ2v) is 4.48. The first-order valence-electron chi connectivity index (χ1n) is 6.32. The molecule has 2 atom stereocenters. The van der Waals surface area contributed by atoms with Gasteiger partial charge in [-0.3, -0.25) is 0 Å². The molecule has 0 fully saturated rings. The summed E-state index contributed by atoms with van der Waals surface area (Å²) in [5, 5.41) is 29.2. The highest BCUT2D eigenvalue weighted by atomic mass is 16.5. The Kier molecular flexibility index (Phi) is 4.25. The maximum atomic E-state index is 11.4. The van der Waals surface area contributed by atoms with Gasteiger partial charge in [0.05, 0.1) is 6.61 Å². The zero-order valence-corrected chi connectivity index (χ0v) is 11.2. The molecule has 1 heterocycles. The van der Waals surface area contributed by atoms with Crippen LogP contribution in [0.3, 0.4) is 0 Å². The predicted octanol–water partition coefficient (Wildman–Crippen LogP) is 0.824. The lowest BCUT2D eigenvalue weighted by Gasteiger charge is -2.16. The summed E-state index contributed by atoms with van der Waals surface area (Å²) in [5.74, 6) is -2.01. The van der Waals surface area contributed by atoms with Crippen LogP contribution < -0.4 is 0 Å². The van der Waals surface area contributed by atoms with Crippen molar-refractivity contribution in [1.29, 1.82) is 0 Å². The van der Waals surface area contributed by atoms with Gasteiger partial charge in [-0.15, -0.1) is 0 Å². The lowest BCUT2D eigenvalue weighted by molar-refractivity contribution is -0.159. The molecule has 0 aliphatic heterocycles. The third-order valence-corrected chi connectivity index (χ3v) is 3.05. The molecule has 0 saturated carbocycles. The van der Waals surface area contributed by atoms with Crippen LogP contribution in [-0.2, 0) is 9.53 Å². The maximum absolute atomic E-state index is 11.4. The third kappa shape index (κ3) is 3.04. The molecule has 4 N–H and O–H groups in total. The minimum atomic E-state index is -1.70. The van der Waals surface area contributed by atoms with Crippen molar-refractivity contribution in [2.24, 2.45) is 0 Å². The monoisotopic (exact) mass is 293 g/mol. The summed E-state index contributed by atoms with van der Waals surface area (Å²) in [6, 6.07) is 6.04. The first kappa shape index (κ1) is 15.0. The number of nitrogens with one attached hydrogen (secondary N) is 1. The molecule has 2 rings (SSSR count). The summed E-state index contributed by atoms with van der Waals surface area (Å²) < 4.78 is 4.63. The van der Waals surface area contributed by atoms with E-state index in [1.54, 1.807) is 13.0 Å². The molecular formula is C14H15NO6. The van der Waals surface area contributed by atoms with Gasteiger partial charge in [0.15, 0.2) is 6.10 Å². The minimum absolute atomic E-state index is 0.0163. The Balaban J connectivity index is 2.29. The van der Waals surface area contributed by atoms with E-state index >= 15 is 0 Å². The smallest absolute Gasteiger partial charge is 0.352 e. The van der Waals surface area contributed by atoms with Crippen molar-refractivity contribution < 1.29 is 29.6 Å². The van der Waals surface area contributed by atoms with Gasteiger partial charge < -0.3 is 25.0 Å². The van der Waals surface area contributed by atoms with Crippen LogP contribution in [0.15, 0.2) is 24.3 Å². The van der Waals surface area contributed by atoms with Crippen molar-refractivity contribution in [2.75, 3.05) is 6.61 Å². The molecule has 7 nitrogen and oxygen atoms in total. The van der Waals surface area contributed by atoms with E-state index in [1.165, 1.54) is 18.2 Å². The Labute approximate surface area is 119 Å². The van der Waals surface area contributed by atoms with Crippen molar-refractivity contribution in [3.8, 4) is 0 Å². The Morgan fingerprint density at radius 1 is 1.29 bits per heavy atom. The van der Waals surface area contributed by atoms with Gasteiger partial charge in [-0.2, -0.15) is 0 Å². The van der Waals surface area contributed by atoms with Gasteiger partial charge in [0.1, 0.15) is 11.8 Å². The van der Waals surface area contributed by atoms with Crippen LogP contribution in [0.5, 0.6) is 0 Å². The number of aromatic carboxylic acids is 1. The number of benzene rings is 1. The number of ether oxygens (including phenoxy) is 1. The van der Waals surface area contributed by atoms with E-state index < -0.39 is 24.1 Å². The van der Waals surface area contributed by atoms with E-state index in [0.29, 0.717) is 10.9 Å². The largest absolute Gasteiger partial charge is 0.477 e. The van der Waals surface area contributed by atoms with E-state index in [4.69, 9.17) is 5.11 Å². The zero-order valence-electron chi connectivity index (χ0n) is 11.2. The number of carboxylic acids is 1. The fourth-order valence-electron chi connectivity index (χ4n) is 1.98. The molecule has 2 unspecified atom stereocenters. The number of aromatic amines is 1. The van der Waals surface area contributed by atoms with Crippen molar-refractivity contribution in [2.45, 2.75) is 19.1 Å². The third-order valence-electron chi connectivity index (χ3n) is 3.05. The normalized spacial score (nSPS) is 13.9. The molecule has 0 radical (unpaired) electrons. The number of aliphatic hydroxyl groups excluding tert-OH is 2. The lowest BCUT2D eigenvalue weighted by atomic mass is 10.0. The van der Waals surface area contributed by atoms with E-state index in [1.807, 2.05) is 0 Å². The molecule has 7 heteroatoms. The number of rotatable bonds is 5. The molecule has 0 bridgehead atoms. The number of carbonyl (C=O) groups excluding carboxylic acids is 1. The average Bonchev–Trinajstić information content (AvgIpc) is 2.89.